The minimum absolute atomic E-state index is 0.0662. The van der Waals surface area contributed by atoms with Gasteiger partial charge in [-0.1, -0.05) is 39.0 Å². The average Bonchev–Trinajstić information content (AvgIpc) is 3.18. The quantitative estimate of drug-likeness (QED) is 0.385. The number of para-hydroxylation sites is 2. The van der Waals surface area contributed by atoms with Crippen molar-refractivity contribution in [3.05, 3.63) is 70.9 Å². The van der Waals surface area contributed by atoms with Crippen LogP contribution in [0, 0.1) is 18.3 Å². The summed E-state index contributed by atoms with van der Waals surface area (Å²) in [4.78, 5) is 30.9. The molecule has 0 saturated carbocycles. The molecule has 1 aromatic heterocycles. The molecule has 2 amide bonds. The highest BCUT2D eigenvalue weighted by atomic mass is 16.2. The average molecular weight is 557 g/mol. The van der Waals surface area contributed by atoms with Crippen molar-refractivity contribution in [2.24, 2.45) is 18.4 Å². The maximum atomic E-state index is 13.8. The molecule has 3 aromatic rings. The van der Waals surface area contributed by atoms with Crippen LogP contribution in [-0.4, -0.2) is 46.1 Å². The third-order valence-electron chi connectivity index (χ3n) is 8.46. The molecule has 0 atom stereocenters. The first-order valence-electron chi connectivity index (χ1n) is 14.8. The number of aromatic nitrogens is 2. The fourth-order valence-corrected chi connectivity index (χ4v) is 5.76. The molecule has 2 N–H and O–H groups in total. The molecule has 1 saturated heterocycles. The maximum Gasteiger partial charge on any atom is 0.258 e. The van der Waals surface area contributed by atoms with Gasteiger partial charge in [0, 0.05) is 31.1 Å². The number of fused-ring (bicyclic) bond motifs is 2. The molecule has 0 unspecified atom stereocenters. The molecule has 2 aliphatic rings. The van der Waals surface area contributed by atoms with Crippen LogP contribution in [0.25, 0.3) is 0 Å². The number of carbonyl (C=O) groups is 2. The van der Waals surface area contributed by atoms with Crippen LogP contribution < -0.4 is 15.5 Å². The third kappa shape index (κ3) is 6.99. The van der Waals surface area contributed by atoms with E-state index >= 15 is 0 Å². The number of carbonyl (C=O) groups excluding carboxylic acids is 2. The molecular weight excluding hydrogens is 512 g/mol. The molecule has 5 rings (SSSR count). The number of rotatable bonds is 7. The lowest BCUT2D eigenvalue weighted by atomic mass is 9.90. The standard InChI is InChI=1S/C33H44N6O2/c1-23-18-25(32(41)39-22-27-21-35-37(5)31(27)36-28-8-6-7-9-29(28)39)10-11-26(23)20-34-30(40)19-24-12-15-38(16-13-24)17-14-33(2,3)4/h6-11,18,21,24,36H,12-17,19-20,22H2,1-5H3,(H,34,40). The number of anilines is 3. The predicted molar refractivity (Wildman–Crippen MR) is 164 cm³/mol. The largest absolute Gasteiger partial charge is 0.352 e. The highest BCUT2D eigenvalue weighted by Crippen LogP contribution is 2.36. The number of hydrogen-bond donors (Lipinski definition) is 2. The maximum absolute atomic E-state index is 13.8. The van der Waals surface area contributed by atoms with E-state index in [4.69, 9.17) is 0 Å². The number of nitrogens with one attached hydrogen (secondary N) is 2. The van der Waals surface area contributed by atoms with Gasteiger partial charge in [0.25, 0.3) is 5.91 Å². The Balaban J connectivity index is 1.17. The molecule has 0 spiro atoms. The molecule has 8 heteroatoms. The van der Waals surface area contributed by atoms with E-state index in [-0.39, 0.29) is 11.8 Å². The van der Waals surface area contributed by atoms with Gasteiger partial charge in [-0.3, -0.25) is 14.3 Å². The molecular formula is C33H44N6O2. The molecule has 1 fully saturated rings. The Labute approximate surface area is 244 Å². The Morgan fingerprint density at radius 3 is 2.59 bits per heavy atom. The Hall–Kier alpha value is -3.65. The highest BCUT2D eigenvalue weighted by molar-refractivity contribution is 6.08. The van der Waals surface area contributed by atoms with Crippen molar-refractivity contribution in [3.8, 4) is 0 Å². The first-order valence-corrected chi connectivity index (χ1v) is 14.8. The monoisotopic (exact) mass is 556 g/mol. The van der Waals surface area contributed by atoms with Crippen molar-refractivity contribution < 1.29 is 9.59 Å². The summed E-state index contributed by atoms with van der Waals surface area (Å²) in [5, 5.41) is 10.9. The van der Waals surface area contributed by atoms with Crippen molar-refractivity contribution in [1.29, 1.82) is 0 Å². The topological polar surface area (TPSA) is 82.5 Å². The van der Waals surface area contributed by atoms with Crippen LogP contribution in [0.15, 0.2) is 48.7 Å². The van der Waals surface area contributed by atoms with Gasteiger partial charge in [-0.25, -0.2) is 0 Å². The summed E-state index contributed by atoms with van der Waals surface area (Å²) in [5.41, 5.74) is 5.67. The minimum Gasteiger partial charge on any atom is -0.352 e. The van der Waals surface area contributed by atoms with Gasteiger partial charge in [0.1, 0.15) is 5.82 Å². The predicted octanol–water partition coefficient (Wildman–Crippen LogP) is 5.79. The van der Waals surface area contributed by atoms with Crippen LogP contribution in [0.2, 0.25) is 0 Å². The van der Waals surface area contributed by atoms with Gasteiger partial charge >= 0.3 is 0 Å². The van der Waals surface area contributed by atoms with Crippen molar-refractivity contribution in [1.82, 2.24) is 20.0 Å². The van der Waals surface area contributed by atoms with Gasteiger partial charge in [-0.2, -0.15) is 5.10 Å². The van der Waals surface area contributed by atoms with Crippen LogP contribution in [0.3, 0.4) is 0 Å². The summed E-state index contributed by atoms with van der Waals surface area (Å²) in [5.74, 6) is 1.39. The zero-order chi connectivity index (χ0) is 29.1. The van der Waals surface area contributed by atoms with E-state index < -0.39 is 0 Å². The van der Waals surface area contributed by atoms with E-state index in [9.17, 15) is 9.59 Å². The Bertz CT molecular complexity index is 1400. The van der Waals surface area contributed by atoms with Crippen molar-refractivity contribution in [3.63, 3.8) is 0 Å². The number of amides is 2. The second-order valence-corrected chi connectivity index (χ2v) is 12.9. The van der Waals surface area contributed by atoms with Gasteiger partial charge in [0.05, 0.1) is 24.1 Å². The number of benzene rings is 2. The lowest BCUT2D eigenvalue weighted by molar-refractivity contribution is -0.122. The van der Waals surface area contributed by atoms with E-state index in [1.165, 1.54) is 6.42 Å². The lowest BCUT2D eigenvalue weighted by Gasteiger charge is -2.33. The first kappa shape index (κ1) is 28.9. The Morgan fingerprint density at radius 2 is 1.85 bits per heavy atom. The zero-order valence-corrected chi connectivity index (χ0v) is 25.2. The van der Waals surface area contributed by atoms with E-state index in [0.717, 1.165) is 66.4 Å². The zero-order valence-electron chi connectivity index (χ0n) is 25.2. The molecule has 8 nitrogen and oxygen atoms in total. The number of aryl methyl sites for hydroxylation is 2. The summed E-state index contributed by atoms with van der Waals surface area (Å²) < 4.78 is 1.80. The van der Waals surface area contributed by atoms with Crippen LogP contribution in [0.5, 0.6) is 0 Å². The molecule has 0 aliphatic carbocycles. The number of likely N-dealkylation sites (tertiary alicyclic amines) is 1. The molecule has 2 aromatic carbocycles. The Kier molecular flexibility index (Phi) is 8.50. The molecule has 0 bridgehead atoms. The first-order chi connectivity index (χ1) is 19.6. The summed E-state index contributed by atoms with van der Waals surface area (Å²) in [7, 11) is 1.89. The van der Waals surface area contributed by atoms with E-state index in [1.54, 1.807) is 9.58 Å². The molecule has 3 heterocycles. The summed E-state index contributed by atoms with van der Waals surface area (Å²) in [6, 6.07) is 13.6. The van der Waals surface area contributed by atoms with E-state index in [2.05, 4.69) is 41.4 Å². The van der Waals surface area contributed by atoms with Crippen LogP contribution >= 0.6 is 0 Å². The number of piperidine rings is 1. The van der Waals surface area contributed by atoms with Gasteiger partial charge in [-0.15, -0.1) is 0 Å². The second kappa shape index (κ2) is 12.1. The minimum atomic E-state index is -0.0662. The van der Waals surface area contributed by atoms with Crippen LogP contribution in [0.4, 0.5) is 17.2 Å². The summed E-state index contributed by atoms with van der Waals surface area (Å²) >= 11 is 0. The fourth-order valence-electron chi connectivity index (χ4n) is 5.76. The lowest BCUT2D eigenvalue weighted by Crippen LogP contribution is -2.37. The number of nitrogens with zero attached hydrogens (tertiary/aromatic N) is 4. The van der Waals surface area contributed by atoms with Gasteiger partial charge in [-0.05, 0) is 92.5 Å². The van der Waals surface area contributed by atoms with Crippen molar-refractivity contribution in [2.75, 3.05) is 29.9 Å². The Morgan fingerprint density at radius 1 is 1.10 bits per heavy atom. The SMILES string of the molecule is Cc1cc(C(=O)N2Cc3cnn(C)c3Nc3ccccc32)ccc1CNC(=O)CC1CCN(CCC(C)(C)C)CC1. The third-order valence-corrected chi connectivity index (χ3v) is 8.46. The number of hydrogen-bond acceptors (Lipinski definition) is 5. The van der Waals surface area contributed by atoms with E-state index in [0.29, 0.717) is 36.4 Å². The van der Waals surface area contributed by atoms with Gasteiger partial charge < -0.3 is 20.4 Å². The van der Waals surface area contributed by atoms with Gasteiger partial charge in [0.2, 0.25) is 5.91 Å². The summed E-state index contributed by atoms with van der Waals surface area (Å²) in [6.07, 6.45) is 5.77. The van der Waals surface area contributed by atoms with E-state index in [1.807, 2.05) is 62.6 Å². The van der Waals surface area contributed by atoms with Crippen LogP contribution in [-0.2, 0) is 24.9 Å². The highest BCUT2D eigenvalue weighted by Gasteiger charge is 2.27. The summed E-state index contributed by atoms with van der Waals surface area (Å²) in [6.45, 7) is 13.1. The molecule has 2 aliphatic heterocycles. The fraction of sp³-hybridized carbons (Fsp3) is 0.485. The normalized spacial score (nSPS) is 16.0. The van der Waals surface area contributed by atoms with Crippen molar-refractivity contribution >= 4 is 29.0 Å². The molecule has 41 heavy (non-hydrogen) atoms. The molecule has 0 radical (unpaired) electrons. The second-order valence-electron chi connectivity index (χ2n) is 12.9. The smallest absolute Gasteiger partial charge is 0.258 e. The van der Waals surface area contributed by atoms with Gasteiger partial charge in [0.15, 0.2) is 0 Å². The molecule has 218 valence electrons. The van der Waals surface area contributed by atoms with Crippen molar-refractivity contribution in [2.45, 2.75) is 66.5 Å². The van der Waals surface area contributed by atoms with Crippen LogP contribution in [0.1, 0.15) is 73.5 Å².